The van der Waals surface area contributed by atoms with Crippen molar-refractivity contribution in [1.29, 1.82) is 0 Å². The highest BCUT2D eigenvalue weighted by Gasteiger charge is 2.37. The summed E-state index contributed by atoms with van der Waals surface area (Å²) in [5, 5.41) is 15.0. The highest BCUT2D eigenvalue weighted by Crippen LogP contribution is 2.45. The number of rotatable bonds is 5. The Kier molecular flexibility index (Phi) is 5.66. The molecule has 1 aromatic rings. The number of ether oxygens (including phenoxy) is 2. The third kappa shape index (κ3) is 3.79. The van der Waals surface area contributed by atoms with E-state index in [9.17, 15) is 10.1 Å². The van der Waals surface area contributed by atoms with E-state index in [-0.39, 0.29) is 22.1 Å². The van der Waals surface area contributed by atoms with Gasteiger partial charge >= 0.3 is 0 Å². The summed E-state index contributed by atoms with van der Waals surface area (Å²) >= 11 is 0. The number of nitro benzene ring substituents is 1. The molecule has 0 spiro atoms. The summed E-state index contributed by atoms with van der Waals surface area (Å²) in [4.78, 5) is 13.7. The number of methoxy groups -OCH3 is 2. The van der Waals surface area contributed by atoms with E-state index in [0.717, 1.165) is 26.2 Å². The third-order valence-corrected chi connectivity index (χ3v) is 4.36. The maximum atomic E-state index is 11.7. The molecule has 7 nitrogen and oxygen atoms in total. The molecule has 0 unspecified atom stereocenters. The van der Waals surface area contributed by atoms with E-state index in [1.54, 1.807) is 13.2 Å². The van der Waals surface area contributed by atoms with Gasteiger partial charge in [0.05, 0.1) is 30.8 Å². The van der Waals surface area contributed by atoms with Gasteiger partial charge in [-0.2, -0.15) is 0 Å². The lowest BCUT2D eigenvalue weighted by Gasteiger charge is -2.42. The van der Waals surface area contributed by atoms with Crippen LogP contribution in [0, 0.1) is 15.5 Å². The molecule has 1 aromatic carbocycles. The van der Waals surface area contributed by atoms with E-state index in [1.807, 2.05) is 0 Å². The van der Waals surface area contributed by atoms with E-state index in [1.165, 1.54) is 13.2 Å². The van der Waals surface area contributed by atoms with Gasteiger partial charge in [-0.05, 0) is 11.5 Å². The molecule has 1 atom stereocenters. The zero-order chi connectivity index (χ0) is 17.9. The van der Waals surface area contributed by atoms with Crippen molar-refractivity contribution in [2.75, 3.05) is 40.4 Å². The molecule has 0 radical (unpaired) electrons. The number of piperazine rings is 1. The lowest BCUT2D eigenvalue weighted by molar-refractivity contribution is -0.386. The zero-order valence-electron chi connectivity index (χ0n) is 15.1. The van der Waals surface area contributed by atoms with Gasteiger partial charge in [-0.3, -0.25) is 15.0 Å². The van der Waals surface area contributed by atoms with E-state index in [2.05, 4.69) is 31.0 Å². The van der Waals surface area contributed by atoms with Crippen molar-refractivity contribution in [3.05, 3.63) is 27.8 Å². The standard InChI is InChI=1S/C17H27N3O4/c1-17(2,3)16(19-8-6-18-7-9-19)12-10-14(23-4)15(24-5)11-13(12)20(21)22/h10-11,16,18H,6-9H2,1-5H3/t16-/m0/s1. The summed E-state index contributed by atoms with van der Waals surface area (Å²) < 4.78 is 10.6. The van der Waals surface area contributed by atoms with Crippen LogP contribution in [-0.2, 0) is 0 Å². The Balaban J connectivity index is 2.61. The van der Waals surface area contributed by atoms with Crippen LogP contribution in [0.1, 0.15) is 32.4 Å². The molecule has 134 valence electrons. The molecule has 0 bridgehead atoms. The fourth-order valence-electron chi connectivity index (χ4n) is 3.41. The van der Waals surface area contributed by atoms with Gasteiger partial charge in [0, 0.05) is 32.2 Å². The van der Waals surface area contributed by atoms with Crippen LogP contribution < -0.4 is 14.8 Å². The van der Waals surface area contributed by atoms with Crippen molar-refractivity contribution in [2.24, 2.45) is 5.41 Å². The van der Waals surface area contributed by atoms with Crippen LogP contribution in [0.2, 0.25) is 0 Å². The highest BCUT2D eigenvalue weighted by molar-refractivity contribution is 5.55. The number of nitrogens with zero attached hydrogens (tertiary/aromatic N) is 2. The van der Waals surface area contributed by atoms with Gasteiger partial charge in [-0.1, -0.05) is 20.8 Å². The van der Waals surface area contributed by atoms with Crippen molar-refractivity contribution >= 4 is 5.69 Å². The Labute approximate surface area is 143 Å². The predicted molar refractivity (Wildman–Crippen MR) is 92.8 cm³/mol. The summed E-state index contributed by atoms with van der Waals surface area (Å²) in [7, 11) is 3.03. The molecule has 0 amide bonds. The van der Waals surface area contributed by atoms with Gasteiger partial charge in [-0.25, -0.2) is 0 Å². The molecule has 2 rings (SSSR count). The van der Waals surface area contributed by atoms with Crippen LogP contribution in [0.5, 0.6) is 11.5 Å². The average molecular weight is 337 g/mol. The van der Waals surface area contributed by atoms with Crippen LogP contribution in [0.25, 0.3) is 0 Å². The summed E-state index contributed by atoms with van der Waals surface area (Å²) in [6, 6.07) is 3.14. The first-order chi connectivity index (χ1) is 11.3. The van der Waals surface area contributed by atoms with Gasteiger partial charge in [-0.15, -0.1) is 0 Å². The second-order valence-corrected chi connectivity index (χ2v) is 7.08. The van der Waals surface area contributed by atoms with Gasteiger partial charge in [0.15, 0.2) is 11.5 Å². The molecule has 0 aromatic heterocycles. The first kappa shape index (κ1) is 18.5. The zero-order valence-corrected chi connectivity index (χ0v) is 15.1. The summed E-state index contributed by atoms with van der Waals surface area (Å²) in [5.74, 6) is 0.892. The number of nitro groups is 1. The van der Waals surface area contributed by atoms with Crippen molar-refractivity contribution < 1.29 is 14.4 Å². The monoisotopic (exact) mass is 337 g/mol. The molecule has 1 saturated heterocycles. The minimum absolute atomic E-state index is 0.0751. The van der Waals surface area contributed by atoms with Crippen LogP contribution in [0.4, 0.5) is 5.69 Å². The fraction of sp³-hybridized carbons (Fsp3) is 0.647. The molecule has 1 heterocycles. The number of nitrogens with one attached hydrogen (secondary N) is 1. The molecule has 24 heavy (non-hydrogen) atoms. The Morgan fingerprint density at radius 3 is 2.17 bits per heavy atom. The number of benzene rings is 1. The molecule has 0 aliphatic carbocycles. The Bertz CT molecular complexity index is 592. The Morgan fingerprint density at radius 1 is 1.17 bits per heavy atom. The third-order valence-electron chi connectivity index (χ3n) is 4.36. The quantitative estimate of drug-likeness (QED) is 0.657. The Morgan fingerprint density at radius 2 is 1.71 bits per heavy atom. The minimum Gasteiger partial charge on any atom is -0.493 e. The largest absolute Gasteiger partial charge is 0.493 e. The SMILES string of the molecule is COc1cc([C@H](N2CCNCC2)C(C)(C)C)c([N+](=O)[O-])cc1OC. The van der Waals surface area contributed by atoms with Gasteiger partial charge in [0.25, 0.3) is 5.69 Å². The van der Waals surface area contributed by atoms with E-state index in [0.29, 0.717) is 17.1 Å². The van der Waals surface area contributed by atoms with Crippen LogP contribution in [-0.4, -0.2) is 50.2 Å². The summed E-state index contributed by atoms with van der Waals surface area (Å²) in [5.41, 5.74) is 0.583. The highest BCUT2D eigenvalue weighted by atomic mass is 16.6. The van der Waals surface area contributed by atoms with Gasteiger partial charge in [0.1, 0.15) is 0 Å². The van der Waals surface area contributed by atoms with Gasteiger partial charge < -0.3 is 14.8 Å². The molecule has 7 heteroatoms. The molecule has 0 saturated carbocycles. The first-order valence-corrected chi connectivity index (χ1v) is 8.14. The molecular weight excluding hydrogens is 310 g/mol. The van der Waals surface area contributed by atoms with Crippen LogP contribution in [0.15, 0.2) is 12.1 Å². The topological polar surface area (TPSA) is 76.9 Å². The average Bonchev–Trinajstić information content (AvgIpc) is 2.54. The number of hydrogen-bond acceptors (Lipinski definition) is 6. The van der Waals surface area contributed by atoms with E-state index in [4.69, 9.17) is 9.47 Å². The summed E-state index contributed by atoms with van der Waals surface area (Å²) in [6.07, 6.45) is 0. The second-order valence-electron chi connectivity index (χ2n) is 7.08. The van der Waals surface area contributed by atoms with E-state index < -0.39 is 0 Å². The van der Waals surface area contributed by atoms with Crippen molar-refractivity contribution in [3.63, 3.8) is 0 Å². The Hall–Kier alpha value is -1.86. The molecular formula is C17H27N3O4. The smallest absolute Gasteiger partial charge is 0.278 e. The predicted octanol–water partition coefficient (Wildman–Crippen LogP) is 2.60. The normalized spacial score (nSPS) is 17.4. The minimum atomic E-state index is -0.335. The first-order valence-electron chi connectivity index (χ1n) is 8.14. The maximum absolute atomic E-state index is 11.7. The fourth-order valence-corrected chi connectivity index (χ4v) is 3.41. The maximum Gasteiger partial charge on any atom is 0.278 e. The van der Waals surface area contributed by atoms with Crippen LogP contribution >= 0.6 is 0 Å². The van der Waals surface area contributed by atoms with Crippen molar-refractivity contribution in [3.8, 4) is 11.5 Å². The molecule has 1 N–H and O–H groups in total. The van der Waals surface area contributed by atoms with E-state index >= 15 is 0 Å². The van der Waals surface area contributed by atoms with Crippen molar-refractivity contribution in [2.45, 2.75) is 26.8 Å². The van der Waals surface area contributed by atoms with Crippen molar-refractivity contribution in [1.82, 2.24) is 10.2 Å². The lowest BCUT2D eigenvalue weighted by Crippen LogP contribution is -2.48. The molecule has 1 aliphatic heterocycles. The lowest BCUT2D eigenvalue weighted by atomic mass is 9.80. The number of hydrogen-bond donors (Lipinski definition) is 1. The molecule has 1 fully saturated rings. The van der Waals surface area contributed by atoms with Crippen LogP contribution in [0.3, 0.4) is 0 Å². The molecule has 1 aliphatic rings. The summed E-state index contributed by atoms with van der Waals surface area (Å²) in [6.45, 7) is 9.81. The van der Waals surface area contributed by atoms with Gasteiger partial charge in [0.2, 0.25) is 0 Å². The second kappa shape index (κ2) is 7.36.